The van der Waals surface area contributed by atoms with E-state index < -0.39 is 5.97 Å². The SMILES string of the molecule is CCOC(=O)/C=C/C(=O)N1CCOc2ccccc21. The molecule has 1 aromatic carbocycles. The zero-order valence-corrected chi connectivity index (χ0v) is 10.7. The number of para-hydroxylation sites is 2. The Morgan fingerprint density at radius 3 is 2.95 bits per heavy atom. The summed E-state index contributed by atoms with van der Waals surface area (Å²) in [6.45, 7) is 2.91. The van der Waals surface area contributed by atoms with Crippen LogP contribution in [-0.2, 0) is 14.3 Å². The van der Waals surface area contributed by atoms with E-state index in [9.17, 15) is 9.59 Å². The van der Waals surface area contributed by atoms with E-state index in [1.165, 1.54) is 6.08 Å². The highest BCUT2D eigenvalue weighted by molar-refractivity contribution is 6.05. The summed E-state index contributed by atoms with van der Waals surface area (Å²) in [4.78, 5) is 24.8. The number of benzene rings is 1. The first-order valence-corrected chi connectivity index (χ1v) is 6.10. The van der Waals surface area contributed by atoms with Crippen LogP contribution in [0.1, 0.15) is 6.92 Å². The molecule has 1 aliphatic rings. The van der Waals surface area contributed by atoms with Crippen molar-refractivity contribution in [3.8, 4) is 5.75 Å². The third-order valence-electron chi connectivity index (χ3n) is 2.64. The molecule has 0 N–H and O–H groups in total. The van der Waals surface area contributed by atoms with Crippen molar-refractivity contribution in [3.05, 3.63) is 36.4 Å². The first kappa shape index (κ1) is 13.1. The van der Waals surface area contributed by atoms with Gasteiger partial charge in [-0.15, -0.1) is 0 Å². The van der Waals surface area contributed by atoms with Gasteiger partial charge in [0, 0.05) is 12.2 Å². The average Bonchev–Trinajstić information content (AvgIpc) is 2.44. The lowest BCUT2D eigenvalue weighted by atomic mass is 10.2. The number of carbonyl (C=O) groups excluding carboxylic acids is 2. The van der Waals surface area contributed by atoms with E-state index >= 15 is 0 Å². The number of ether oxygens (including phenoxy) is 2. The number of anilines is 1. The second-order valence-electron chi connectivity index (χ2n) is 3.89. The van der Waals surface area contributed by atoms with Crippen LogP contribution in [0.3, 0.4) is 0 Å². The second-order valence-corrected chi connectivity index (χ2v) is 3.89. The molecular formula is C14H15NO4. The van der Waals surface area contributed by atoms with E-state index in [4.69, 9.17) is 9.47 Å². The van der Waals surface area contributed by atoms with E-state index in [1.807, 2.05) is 24.3 Å². The Balaban J connectivity index is 2.11. The minimum absolute atomic E-state index is 0.260. The summed E-state index contributed by atoms with van der Waals surface area (Å²) in [5, 5.41) is 0. The van der Waals surface area contributed by atoms with Crippen LogP contribution in [-0.4, -0.2) is 31.6 Å². The molecule has 0 aromatic heterocycles. The second kappa shape index (κ2) is 6.04. The van der Waals surface area contributed by atoms with Gasteiger partial charge in [0.25, 0.3) is 5.91 Å². The fourth-order valence-electron chi connectivity index (χ4n) is 1.82. The Morgan fingerprint density at radius 2 is 2.16 bits per heavy atom. The molecule has 0 radical (unpaired) electrons. The predicted molar refractivity (Wildman–Crippen MR) is 70.1 cm³/mol. The molecule has 0 atom stereocenters. The zero-order valence-electron chi connectivity index (χ0n) is 10.7. The fraction of sp³-hybridized carbons (Fsp3) is 0.286. The van der Waals surface area contributed by atoms with E-state index in [1.54, 1.807) is 11.8 Å². The number of carbonyl (C=O) groups is 2. The van der Waals surface area contributed by atoms with Crippen LogP contribution >= 0.6 is 0 Å². The Labute approximate surface area is 111 Å². The molecule has 0 fully saturated rings. The van der Waals surface area contributed by atoms with Crippen LogP contribution in [0.4, 0.5) is 5.69 Å². The molecule has 0 spiro atoms. The molecule has 0 aliphatic carbocycles. The third-order valence-corrected chi connectivity index (χ3v) is 2.64. The van der Waals surface area contributed by atoms with Gasteiger partial charge >= 0.3 is 5.97 Å². The van der Waals surface area contributed by atoms with Crippen LogP contribution in [0.5, 0.6) is 5.75 Å². The summed E-state index contributed by atoms with van der Waals surface area (Å²) in [5.74, 6) is -0.104. The van der Waals surface area contributed by atoms with Crippen LogP contribution < -0.4 is 9.64 Å². The highest BCUT2D eigenvalue weighted by atomic mass is 16.5. The minimum Gasteiger partial charge on any atom is -0.490 e. The monoisotopic (exact) mass is 261 g/mol. The van der Waals surface area contributed by atoms with Crippen LogP contribution in [0, 0.1) is 0 Å². The Hall–Kier alpha value is -2.30. The lowest BCUT2D eigenvalue weighted by Gasteiger charge is -2.28. The molecular weight excluding hydrogens is 246 g/mol. The predicted octanol–water partition coefficient (Wildman–Crippen LogP) is 1.53. The molecule has 19 heavy (non-hydrogen) atoms. The molecule has 1 aliphatic heterocycles. The normalized spacial score (nSPS) is 13.8. The van der Waals surface area contributed by atoms with Gasteiger partial charge in [-0.1, -0.05) is 12.1 Å². The first-order valence-electron chi connectivity index (χ1n) is 6.10. The number of hydrogen-bond donors (Lipinski definition) is 0. The van der Waals surface area contributed by atoms with E-state index in [0.717, 1.165) is 6.08 Å². The van der Waals surface area contributed by atoms with Crippen molar-refractivity contribution < 1.29 is 19.1 Å². The number of hydrogen-bond acceptors (Lipinski definition) is 4. The van der Waals surface area contributed by atoms with Crippen molar-refractivity contribution in [3.63, 3.8) is 0 Å². The van der Waals surface area contributed by atoms with Crippen molar-refractivity contribution in [1.82, 2.24) is 0 Å². The van der Waals surface area contributed by atoms with Crippen LogP contribution in [0.25, 0.3) is 0 Å². The maximum atomic E-state index is 12.0. The maximum absolute atomic E-state index is 12.0. The standard InChI is InChI=1S/C14H15NO4/c1-2-18-14(17)8-7-13(16)15-9-10-19-12-6-4-3-5-11(12)15/h3-8H,2,9-10H2,1H3/b8-7+. The van der Waals surface area contributed by atoms with Gasteiger partial charge in [-0.3, -0.25) is 4.79 Å². The van der Waals surface area contributed by atoms with Crippen molar-refractivity contribution in [2.24, 2.45) is 0 Å². The molecule has 0 saturated heterocycles. The summed E-state index contributed by atoms with van der Waals surface area (Å²) >= 11 is 0. The lowest BCUT2D eigenvalue weighted by Crippen LogP contribution is -2.36. The summed E-state index contributed by atoms with van der Waals surface area (Å²) in [6.07, 6.45) is 2.37. The van der Waals surface area contributed by atoms with Gasteiger partial charge in [0.05, 0.1) is 18.8 Å². The van der Waals surface area contributed by atoms with Crippen molar-refractivity contribution in [1.29, 1.82) is 0 Å². The highest BCUT2D eigenvalue weighted by Gasteiger charge is 2.21. The quantitative estimate of drug-likeness (QED) is 0.611. The summed E-state index contributed by atoms with van der Waals surface area (Å²) in [6, 6.07) is 7.30. The fourth-order valence-corrected chi connectivity index (χ4v) is 1.82. The smallest absolute Gasteiger partial charge is 0.330 e. The molecule has 5 heteroatoms. The maximum Gasteiger partial charge on any atom is 0.330 e. The van der Waals surface area contributed by atoms with Crippen LogP contribution in [0.15, 0.2) is 36.4 Å². The third kappa shape index (κ3) is 3.13. The van der Waals surface area contributed by atoms with E-state index in [2.05, 4.69) is 0 Å². The topological polar surface area (TPSA) is 55.8 Å². The molecule has 1 heterocycles. The molecule has 100 valence electrons. The minimum atomic E-state index is -0.516. The summed E-state index contributed by atoms with van der Waals surface area (Å²) in [7, 11) is 0. The number of amides is 1. The van der Waals surface area contributed by atoms with E-state index in [0.29, 0.717) is 24.6 Å². The Morgan fingerprint density at radius 1 is 1.37 bits per heavy atom. The number of rotatable bonds is 3. The van der Waals surface area contributed by atoms with Gasteiger partial charge in [-0.2, -0.15) is 0 Å². The number of fused-ring (bicyclic) bond motifs is 1. The lowest BCUT2D eigenvalue weighted by molar-refractivity contribution is -0.137. The molecule has 0 unspecified atom stereocenters. The van der Waals surface area contributed by atoms with Gasteiger partial charge < -0.3 is 14.4 Å². The Kier molecular flexibility index (Phi) is 4.18. The van der Waals surface area contributed by atoms with Crippen molar-refractivity contribution in [2.75, 3.05) is 24.7 Å². The molecule has 1 aromatic rings. The first-order chi connectivity index (χ1) is 9.22. The number of nitrogens with zero attached hydrogens (tertiary/aromatic N) is 1. The van der Waals surface area contributed by atoms with Gasteiger partial charge in [-0.25, -0.2) is 4.79 Å². The van der Waals surface area contributed by atoms with Gasteiger partial charge in [-0.05, 0) is 19.1 Å². The van der Waals surface area contributed by atoms with Gasteiger partial charge in [0.1, 0.15) is 12.4 Å². The van der Waals surface area contributed by atoms with Gasteiger partial charge in [0.2, 0.25) is 0 Å². The zero-order chi connectivity index (χ0) is 13.7. The van der Waals surface area contributed by atoms with E-state index in [-0.39, 0.29) is 12.5 Å². The highest BCUT2D eigenvalue weighted by Crippen LogP contribution is 2.30. The van der Waals surface area contributed by atoms with Crippen LogP contribution in [0.2, 0.25) is 0 Å². The molecule has 0 saturated carbocycles. The Bertz CT molecular complexity index is 510. The summed E-state index contributed by atoms with van der Waals surface area (Å²) in [5.41, 5.74) is 0.715. The molecule has 1 amide bonds. The average molecular weight is 261 g/mol. The van der Waals surface area contributed by atoms with Gasteiger partial charge in [0.15, 0.2) is 0 Å². The summed E-state index contributed by atoms with van der Waals surface area (Å²) < 4.78 is 10.2. The van der Waals surface area contributed by atoms with Crippen molar-refractivity contribution >= 4 is 17.6 Å². The van der Waals surface area contributed by atoms with Crippen molar-refractivity contribution in [2.45, 2.75) is 6.92 Å². The number of esters is 1. The largest absolute Gasteiger partial charge is 0.490 e. The molecule has 0 bridgehead atoms. The molecule has 2 rings (SSSR count). The molecule has 5 nitrogen and oxygen atoms in total.